The maximum absolute atomic E-state index is 5.75. The largest absolute Gasteiger partial charge is 0.417 e. The molecule has 17 heavy (non-hydrogen) atoms. The predicted octanol–water partition coefficient (Wildman–Crippen LogP) is 4.79. The summed E-state index contributed by atoms with van der Waals surface area (Å²) in [6.07, 6.45) is 4.46. The Labute approximate surface area is 111 Å². The van der Waals surface area contributed by atoms with Crippen LogP contribution < -0.4 is 0 Å². The standard InChI is InChI=1S/C8H7Cl.C6H13OSi/c1-2-7-5-3-4-6-8(7)9;1-2-8-6-4-3-5-7-8/h2-6H,1H2;2-6H2,1H3. The van der Waals surface area contributed by atoms with Crippen molar-refractivity contribution in [2.45, 2.75) is 31.9 Å². The second kappa shape index (κ2) is 8.51. The topological polar surface area (TPSA) is 9.23 Å². The Morgan fingerprint density at radius 3 is 2.59 bits per heavy atom. The average Bonchev–Trinajstić information content (AvgIpc) is 2.41. The van der Waals surface area contributed by atoms with Crippen LogP contribution in [-0.4, -0.2) is 15.6 Å². The molecular formula is C14H20ClOSi. The lowest BCUT2D eigenvalue weighted by Gasteiger charge is -2.17. The molecule has 2 rings (SSSR count). The van der Waals surface area contributed by atoms with Gasteiger partial charge in [-0.2, -0.15) is 0 Å². The Balaban J connectivity index is 0.000000171. The highest BCUT2D eigenvalue weighted by atomic mass is 35.5. The van der Waals surface area contributed by atoms with Crippen LogP contribution in [0.15, 0.2) is 30.8 Å². The smallest absolute Gasteiger partial charge is 0.211 e. The minimum absolute atomic E-state index is 0.287. The van der Waals surface area contributed by atoms with Crippen LogP contribution in [0.4, 0.5) is 0 Å². The summed E-state index contributed by atoms with van der Waals surface area (Å²) < 4.78 is 5.53. The van der Waals surface area contributed by atoms with Gasteiger partial charge in [-0.15, -0.1) is 0 Å². The van der Waals surface area contributed by atoms with Gasteiger partial charge in [-0.3, -0.25) is 0 Å². The third kappa shape index (κ3) is 5.53. The SMILES string of the molecule is C=Cc1ccccc1Cl.CC[Si]1CCCCO1. The third-order valence-corrected chi connectivity index (χ3v) is 5.33. The summed E-state index contributed by atoms with van der Waals surface area (Å²) in [5, 5.41) is 0.757. The predicted molar refractivity (Wildman–Crippen MR) is 77.8 cm³/mol. The van der Waals surface area contributed by atoms with Gasteiger partial charge in [0.2, 0.25) is 9.04 Å². The van der Waals surface area contributed by atoms with Crippen LogP contribution >= 0.6 is 11.6 Å². The van der Waals surface area contributed by atoms with E-state index in [1.165, 1.54) is 24.9 Å². The van der Waals surface area contributed by atoms with Crippen molar-refractivity contribution >= 4 is 26.7 Å². The van der Waals surface area contributed by atoms with Gasteiger partial charge in [0.1, 0.15) is 0 Å². The minimum atomic E-state index is -0.287. The normalized spacial score (nSPS) is 15.9. The molecule has 0 atom stereocenters. The fourth-order valence-electron chi connectivity index (χ4n) is 1.63. The fraction of sp³-hybridized carbons (Fsp3) is 0.429. The molecule has 93 valence electrons. The zero-order valence-corrected chi connectivity index (χ0v) is 12.2. The fourth-order valence-corrected chi connectivity index (χ4v) is 3.62. The summed E-state index contributed by atoms with van der Waals surface area (Å²) in [7, 11) is -0.287. The first-order valence-electron chi connectivity index (χ1n) is 6.12. The first-order chi connectivity index (χ1) is 8.27. The molecule has 0 unspecified atom stereocenters. The monoisotopic (exact) mass is 267 g/mol. The molecule has 1 aromatic rings. The molecule has 0 amide bonds. The second-order valence-electron chi connectivity index (χ2n) is 3.92. The Bertz CT molecular complexity index is 335. The van der Waals surface area contributed by atoms with E-state index in [0.29, 0.717) is 0 Å². The highest BCUT2D eigenvalue weighted by Gasteiger charge is 2.13. The number of benzene rings is 1. The van der Waals surface area contributed by atoms with Gasteiger partial charge < -0.3 is 4.43 Å². The molecular weight excluding hydrogens is 248 g/mol. The number of hydrogen-bond acceptors (Lipinski definition) is 1. The van der Waals surface area contributed by atoms with E-state index in [-0.39, 0.29) is 9.04 Å². The van der Waals surface area contributed by atoms with E-state index in [0.717, 1.165) is 17.2 Å². The van der Waals surface area contributed by atoms with Gasteiger partial charge in [0, 0.05) is 11.6 Å². The van der Waals surface area contributed by atoms with E-state index in [4.69, 9.17) is 16.0 Å². The molecule has 1 aliphatic rings. The average molecular weight is 268 g/mol. The van der Waals surface area contributed by atoms with E-state index >= 15 is 0 Å². The van der Waals surface area contributed by atoms with E-state index in [2.05, 4.69) is 13.5 Å². The molecule has 1 radical (unpaired) electrons. The lowest BCUT2D eigenvalue weighted by molar-refractivity contribution is 0.287. The third-order valence-electron chi connectivity index (χ3n) is 2.68. The molecule has 0 N–H and O–H groups in total. The molecule has 0 aliphatic carbocycles. The zero-order chi connectivity index (χ0) is 12.5. The van der Waals surface area contributed by atoms with E-state index in [1.807, 2.05) is 24.3 Å². The summed E-state index contributed by atoms with van der Waals surface area (Å²) in [6, 6.07) is 10.3. The maximum atomic E-state index is 5.75. The van der Waals surface area contributed by atoms with Crippen LogP contribution in [0.25, 0.3) is 6.08 Å². The lowest BCUT2D eigenvalue weighted by atomic mass is 10.2. The highest BCUT2D eigenvalue weighted by Crippen LogP contribution is 2.15. The number of hydrogen-bond donors (Lipinski definition) is 0. The molecule has 1 fully saturated rings. The minimum Gasteiger partial charge on any atom is -0.417 e. The van der Waals surface area contributed by atoms with Gasteiger partial charge in [-0.25, -0.2) is 0 Å². The summed E-state index contributed by atoms with van der Waals surface area (Å²) in [5.41, 5.74) is 0.985. The molecule has 0 bridgehead atoms. The van der Waals surface area contributed by atoms with Gasteiger partial charge in [0.05, 0.1) is 0 Å². The molecule has 1 saturated heterocycles. The molecule has 1 aliphatic heterocycles. The van der Waals surface area contributed by atoms with Gasteiger partial charge in [-0.1, -0.05) is 55.8 Å². The molecule has 0 saturated carbocycles. The first kappa shape index (κ1) is 14.5. The Morgan fingerprint density at radius 1 is 1.41 bits per heavy atom. The van der Waals surface area contributed by atoms with Crippen LogP contribution in [-0.2, 0) is 4.43 Å². The highest BCUT2D eigenvalue weighted by molar-refractivity contribution is 6.51. The summed E-state index contributed by atoms with van der Waals surface area (Å²) in [4.78, 5) is 0. The van der Waals surface area contributed by atoms with E-state index in [1.54, 1.807) is 6.08 Å². The number of halogens is 1. The van der Waals surface area contributed by atoms with Crippen LogP contribution in [0.5, 0.6) is 0 Å². The molecule has 1 nitrogen and oxygen atoms in total. The lowest BCUT2D eigenvalue weighted by Crippen LogP contribution is -2.21. The van der Waals surface area contributed by atoms with E-state index in [9.17, 15) is 0 Å². The Morgan fingerprint density at radius 2 is 2.18 bits per heavy atom. The van der Waals surface area contributed by atoms with E-state index < -0.39 is 0 Å². The van der Waals surface area contributed by atoms with Gasteiger partial charge >= 0.3 is 0 Å². The summed E-state index contributed by atoms with van der Waals surface area (Å²) in [5.74, 6) is 0. The van der Waals surface area contributed by atoms with Crippen LogP contribution in [0.2, 0.25) is 17.1 Å². The molecule has 1 aromatic carbocycles. The maximum Gasteiger partial charge on any atom is 0.211 e. The van der Waals surface area contributed by atoms with Crippen molar-refractivity contribution in [2.24, 2.45) is 0 Å². The van der Waals surface area contributed by atoms with Crippen molar-refractivity contribution in [3.8, 4) is 0 Å². The van der Waals surface area contributed by atoms with Gasteiger partial charge in [-0.05, 0) is 30.1 Å². The quantitative estimate of drug-likeness (QED) is 0.700. The van der Waals surface area contributed by atoms with Crippen molar-refractivity contribution < 1.29 is 4.43 Å². The van der Waals surface area contributed by atoms with Crippen LogP contribution in [0.3, 0.4) is 0 Å². The Hall–Kier alpha value is -0.573. The van der Waals surface area contributed by atoms with Gasteiger partial charge in [0.25, 0.3) is 0 Å². The molecule has 3 heteroatoms. The Kier molecular flexibility index (Phi) is 7.25. The van der Waals surface area contributed by atoms with Crippen LogP contribution in [0.1, 0.15) is 25.3 Å². The summed E-state index contributed by atoms with van der Waals surface area (Å²) >= 11 is 5.75. The molecule has 1 heterocycles. The molecule has 0 spiro atoms. The van der Waals surface area contributed by atoms with Crippen molar-refractivity contribution in [3.63, 3.8) is 0 Å². The van der Waals surface area contributed by atoms with Crippen molar-refractivity contribution in [1.82, 2.24) is 0 Å². The van der Waals surface area contributed by atoms with Crippen molar-refractivity contribution in [3.05, 3.63) is 41.4 Å². The number of rotatable bonds is 2. The summed E-state index contributed by atoms with van der Waals surface area (Å²) in [6.45, 7) is 6.89. The second-order valence-corrected chi connectivity index (χ2v) is 6.90. The van der Waals surface area contributed by atoms with Crippen molar-refractivity contribution in [1.29, 1.82) is 0 Å². The first-order valence-corrected chi connectivity index (χ1v) is 8.32. The van der Waals surface area contributed by atoms with Gasteiger partial charge in [0.15, 0.2) is 0 Å². The van der Waals surface area contributed by atoms with Crippen LogP contribution in [0, 0.1) is 0 Å². The zero-order valence-electron chi connectivity index (χ0n) is 10.4. The molecule has 0 aromatic heterocycles. The van der Waals surface area contributed by atoms with Crippen molar-refractivity contribution in [2.75, 3.05) is 6.61 Å².